The molecule has 3 N–H and O–H groups in total. The summed E-state index contributed by atoms with van der Waals surface area (Å²) < 4.78 is 11.1. The first kappa shape index (κ1) is 15.6. The maximum Gasteiger partial charge on any atom is 0.178 e. The van der Waals surface area contributed by atoms with Crippen LogP contribution < -0.4 is 15.2 Å². The van der Waals surface area contributed by atoms with Crippen molar-refractivity contribution in [2.45, 2.75) is 33.1 Å². The number of anilines is 1. The molecule has 19 heavy (non-hydrogen) atoms. The lowest BCUT2D eigenvalue weighted by Crippen LogP contribution is -2.46. The molecule has 0 bridgehead atoms. The van der Waals surface area contributed by atoms with E-state index < -0.39 is 12.3 Å². The average molecular weight is 268 g/mol. The van der Waals surface area contributed by atoms with Crippen LogP contribution in [0, 0.1) is 0 Å². The summed E-state index contributed by atoms with van der Waals surface area (Å²) in [4.78, 5) is 2.04. The van der Waals surface area contributed by atoms with E-state index in [9.17, 15) is 5.11 Å². The largest absolute Gasteiger partial charge is 0.493 e. The van der Waals surface area contributed by atoms with E-state index in [1.54, 1.807) is 32.2 Å². The molecule has 0 aliphatic carbocycles. The lowest BCUT2D eigenvalue weighted by molar-refractivity contribution is -0.0548. The highest BCUT2D eigenvalue weighted by Gasteiger charge is 2.24. The summed E-state index contributed by atoms with van der Waals surface area (Å²) in [6.07, 6.45) is -1.02. The fourth-order valence-electron chi connectivity index (χ4n) is 1.97. The zero-order valence-corrected chi connectivity index (χ0v) is 12.1. The molecule has 5 heteroatoms. The lowest BCUT2D eigenvalue weighted by atomic mass is 10.2. The Morgan fingerprint density at radius 1 is 1.26 bits per heavy atom. The first-order valence-corrected chi connectivity index (χ1v) is 6.55. The van der Waals surface area contributed by atoms with Crippen LogP contribution >= 0.6 is 0 Å². The number of nitrogens with zero attached hydrogens (tertiary/aromatic N) is 1. The number of methoxy groups -OCH3 is 1. The third-order valence-electron chi connectivity index (χ3n) is 3.02. The van der Waals surface area contributed by atoms with Gasteiger partial charge in [-0.05, 0) is 32.1 Å². The molecule has 108 valence electrons. The van der Waals surface area contributed by atoms with E-state index in [0.717, 1.165) is 13.1 Å². The van der Waals surface area contributed by atoms with Gasteiger partial charge in [0.2, 0.25) is 0 Å². The first-order chi connectivity index (χ1) is 9.03. The van der Waals surface area contributed by atoms with Crippen LogP contribution in [-0.2, 0) is 0 Å². The monoisotopic (exact) mass is 268 g/mol. The van der Waals surface area contributed by atoms with Crippen LogP contribution in [0.1, 0.15) is 20.8 Å². The van der Waals surface area contributed by atoms with Gasteiger partial charge < -0.3 is 20.3 Å². The van der Waals surface area contributed by atoms with Gasteiger partial charge >= 0.3 is 0 Å². The third kappa shape index (κ3) is 4.01. The average Bonchev–Trinajstić information content (AvgIpc) is 2.40. The number of aliphatic hydroxyl groups is 1. The Labute approximate surface area is 114 Å². The van der Waals surface area contributed by atoms with E-state index in [2.05, 4.69) is 0 Å². The molecule has 2 atom stereocenters. The van der Waals surface area contributed by atoms with Gasteiger partial charge in [0.05, 0.1) is 7.11 Å². The highest BCUT2D eigenvalue weighted by atomic mass is 16.5. The number of aliphatic hydroxyl groups excluding tert-OH is 1. The van der Waals surface area contributed by atoms with Crippen LogP contribution in [0.4, 0.5) is 5.69 Å². The van der Waals surface area contributed by atoms with Gasteiger partial charge in [0, 0.05) is 11.8 Å². The number of ether oxygens (including phenoxy) is 2. The number of nitrogen functional groups attached to an aromatic ring is 1. The molecule has 2 unspecified atom stereocenters. The van der Waals surface area contributed by atoms with Gasteiger partial charge in [-0.3, -0.25) is 4.90 Å². The molecule has 0 saturated carbocycles. The standard InChI is InChI=1S/C14H24N2O3/c1-5-16(6-2)14(10(3)17)19-12-8-7-11(15)9-13(12)18-4/h7-10,14,17H,5-6,15H2,1-4H3. The van der Waals surface area contributed by atoms with Gasteiger partial charge in [0.1, 0.15) is 6.10 Å². The Balaban J connectivity index is 2.96. The summed E-state index contributed by atoms with van der Waals surface area (Å²) in [6.45, 7) is 7.37. The first-order valence-electron chi connectivity index (χ1n) is 6.55. The second-order valence-corrected chi connectivity index (χ2v) is 4.38. The van der Waals surface area contributed by atoms with Crippen LogP contribution in [0.5, 0.6) is 11.5 Å². The molecule has 0 heterocycles. The highest BCUT2D eigenvalue weighted by molar-refractivity contribution is 5.52. The quantitative estimate of drug-likeness (QED) is 0.582. The van der Waals surface area contributed by atoms with Crippen molar-refractivity contribution in [2.24, 2.45) is 0 Å². The van der Waals surface area contributed by atoms with E-state index >= 15 is 0 Å². The predicted molar refractivity (Wildman–Crippen MR) is 76.4 cm³/mol. The van der Waals surface area contributed by atoms with Crippen molar-refractivity contribution in [3.8, 4) is 11.5 Å². The number of hydrogen-bond acceptors (Lipinski definition) is 5. The van der Waals surface area contributed by atoms with Crippen LogP contribution in [-0.4, -0.2) is 42.5 Å². The van der Waals surface area contributed by atoms with Gasteiger partial charge in [0.25, 0.3) is 0 Å². The Hall–Kier alpha value is -1.46. The van der Waals surface area contributed by atoms with Gasteiger partial charge in [-0.15, -0.1) is 0 Å². The summed E-state index contributed by atoms with van der Waals surface area (Å²) in [6, 6.07) is 5.21. The summed E-state index contributed by atoms with van der Waals surface area (Å²) in [5, 5.41) is 9.89. The molecule has 1 aromatic rings. The van der Waals surface area contributed by atoms with Crippen molar-refractivity contribution >= 4 is 5.69 Å². The minimum absolute atomic E-state index is 0.410. The molecule has 1 aromatic carbocycles. The Morgan fingerprint density at radius 2 is 1.89 bits per heavy atom. The van der Waals surface area contributed by atoms with Crippen molar-refractivity contribution in [1.82, 2.24) is 4.90 Å². The minimum Gasteiger partial charge on any atom is -0.493 e. The fraction of sp³-hybridized carbons (Fsp3) is 0.571. The van der Waals surface area contributed by atoms with Gasteiger partial charge in [0.15, 0.2) is 17.7 Å². The van der Waals surface area contributed by atoms with E-state index in [1.165, 1.54) is 0 Å². The van der Waals surface area contributed by atoms with Crippen LogP contribution in [0.25, 0.3) is 0 Å². The molecule has 1 rings (SSSR count). The third-order valence-corrected chi connectivity index (χ3v) is 3.02. The maximum atomic E-state index is 9.89. The van der Waals surface area contributed by atoms with Gasteiger partial charge in [-0.25, -0.2) is 0 Å². The van der Waals surface area contributed by atoms with Crippen molar-refractivity contribution in [3.05, 3.63) is 18.2 Å². The smallest absolute Gasteiger partial charge is 0.178 e. The van der Waals surface area contributed by atoms with Gasteiger partial charge in [-0.1, -0.05) is 13.8 Å². The number of nitrogens with two attached hydrogens (primary N) is 1. The molecular weight excluding hydrogens is 244 g/mol. The fourth-order valence-corrected chi connectivity index (χ4v) is 1.97. The second kappa shape index (κ2) is 7.21. The van der Waals surface area contributed by atoms with E-state index in [1.807, 2.05) is 18.7 Å². The molecule has 5 nitrogen and oxygen atoms in total. The minimum atomic E-state index is -0.609. The number of rotatable bonds is 7. The van der Waals surface area contributed by atoms with E-state index in [0.29, 0.717) is 17.2 Å². The molecule has 0 radical (unpaired) electrons. The summed E-state index contributed by atoms with van der Waals surface area (Å²) >= 11 is 0. The van der Waals surface area contributed by atoms with Crippen molar-refractivity contribution in [2.75, 3.05) is 25.9 Å². The number of hydrogen-bond donors (Lipinski definition) is 2. The van der Waals surface area contributed by atoms with Gasteiger partial charge in [-0.2, -0.15) is 0 Å². The summed E-state index contributed by atoms with van der Waals surface area (Å²) in [5.41, 5.74) is 6.32. The normalized spacial score (nSPS) is 14.2. The molecule has 0 aliphatic rings. The lowest BCUT2D eigenvalue weighted by Gasteiger charge is -2.32. The molecule has 0 aromatic heterocycles. The molecule has 0 saturated heterocycles. The Bertz CT molecular complexity index is 392. The molecule has 0 fully saturated rings. The number of benzene rings is 1. The molecule has 0 amide bonds. The zero-order chi connectivity index (χ0) is 14.4. The van der Waals surface area contributed by atoms with Crippen LogP contribution in [0.2, 0.25) is 0 Å². The second-order valence-electron chi connectivity index (χ2n) is 4.38. The summed E-state index contributed by atoms with van der Waals surface area (Å²) in [5.74, 6) is 1.15. The van der Waals surface area contributed by atoms with E-state index in [-0.39, 0.29) is 0 Å². The predicted octanol–water partition coefficient (Wildman–Crippen LogP) is 1.70. The molecule has 0 spiro atoms. The zero-order valence-electron chi connectivity index (χ0n) is 12.1. The maximum absolute atomic E-state index is 9.89. The van der Waals surface area contributed by atoms with Crippen LogP contribution in [0.3, 0.4) is 0 Å². The molecule has 0 aliphatic heterocycles. The molecular formula is C14H24N2O3. The SMILES string of the molecule is CCN(CC)C(Oc1ccc(N)cc1OC)C(C)O. The highest BCUT2D eigenvalue weighted by Crippen LogP contribution is 2.30. The Morgan fingerprint density at radius 3 is 2.37 bits per heavy atom. The summed E-state index contributed by atoms with van der Waals surface area (Å²) in [7, 11) is 1.57. The number of likely N-dealkylation sites (N-methyl/N-ethyl adjacent to an activating group) is 1. The van der Waals surface area contributed by atoms with Crippen molar-refractivity contribution in [3.63, 3.8) is 0 Å². The van der Waals surface area contributed by atoms with Crippen molar-refractivity contribution < 1.29 is 14.6 Å². The van der Waals surface area contributed by atoms with E-state index in [4.69, 9.17) is 15.2 Å². The van der Waals surface area contributed by atoms with Crippen molar-refractivity contribution in [1.29, 1.82) is 0 Å². The topological polar surface area (TPSA) is 68.0 Å². The van der Waals surface area contributed by atoms with Crippen LogP contribution in [0.15, 0.2) is 18.2 Å². The Kier molecular flexibility index (Phi) is 5.92.